The minimum absolute atomic E-state index is 0.741. The van der Waals surface area contributed by atoms with E-state index in [0.29, 0.717) is 0 Å². The summed E-state index contributed by atoms with van der Waals surface area (Å²) in [5, 5.41) is 0. The molecule has 0 atom stereocenters. The number of H-pyrrole nitrogens is 1. The summed E-state index contributed by atoms with van der Waals surface area (Å²) < 4.78 is 4.87. The summed E-state index contributed by atoms with van der Waals surface area (Å²) in [5.74, 6) is 0.741. The largest absolute Gasteiger partial charge is 0.481 e. The van der Waals surface area contributed by atoms with Crippen molar-refractivity contribution in [2.45, 2.75) is 6.92 Å². The molecule has 0 bridgehead atoms. The van der Waals surface area contributed by atoms with Gasteiger partial charge in [-0.1, -0.05) is 0 Å². The van der Waals surface area contributed by atoms with E-state index >= 15 is 0 Å². The molecule has 1 rings (SSSR count). The first-order valence-corrected chi connectivity index (χ1v) is 2.38. The molecule has 3 heteroatoms. The molecule has 1 aromatic rings. The normalized spacial score (nSPS) is 9.25. The maximum Gasteiger partial charge on any atom is 0.213 e. The predicted octanol–water partition coefficient (Wildman–Crippen LogP) is 0.727. The van der Waals surface area contributed by atoms with Crippen molar-refractivity contribution in [3.8, 4) is 5.88 Å². The number of aromatic amines is 1. The number of methoxy groups -OCH3 is 1. The molecule has 3 nitrogen and oxygen atoms in total. The van der Waals surface area contributed by atoms with Crippen molar-refractivity contribution in [3.05, 3.63) is 12.0 Å². The zero-order chi connectivity index (χ0) is 5.98. The first kappa shape index (κ1) is 5.15. The minimum Gasteiger partial charge on any atom is -0.481 e. The summed E-state index contributed by atoms with van der Waals surface area (Å²) >= 11 is 0. The first-order valence-electron chi connectivity index (χ1n) is 2.38. The summed E-state index contributed by atoms with van der Waals surface area (Å²) in [4.78, 5) is 6.73. The minimum atomic E-state index is 0.741. The molecular formula is C5H8N2O. The molecule has 0 saturated heterocycles. The second-order valence-corrected chi connectivity index (χ2v) is 1.52. The van der Waals surface area contributed by atoms with Crippen molar-refractivity contribution in [2.75, 3.05) is 7.11 Å². The standard InChI is InChI=1S/C5H8N2O/c1-4-5(8-2)7-3-6-4/h3H,1-2H3,(H,6,7). The number of imidazole rings is 1. The summed E-state index contributed by atoms with van der Waals surface area (Å²) in [6, 6.07) is 0. The fraction of sp³-hybridized carbons (Fsp3) is 0.400. The Bertz CT molecular complexity index is 171. The lowest BCUT2D eigenvalue weighted by atomic mass is 10.5. The molecule has 0 aliphatic carbocycles. The Hall–Kier alpha value is -0.990. The first-order chi connectivity index (χ1) is 3.84. The number of hydrogen-bond donors (Lipinski definition) is 1. The lowest BCUT2D eigenvalue weighted by Gasteiger charge is -1.91. The molecule has 0 aliphatic heterocycles. The third-order valence-corrected chi connectivity index (χ3v) is 0.987. The Morgan fingerprint density at radius 3 is 2.75 bits per heavy atom. The highest BCUT2D eigenvalue weighted by Crippen LogP contribution is 2.07. The van der Waals surface area contributed by atoms with Crippen LogP contribution in [0.5, 0.6) is 5.88 Å². The van der Waals surface area contributed by atoms with Crippen molar-refractivity contribution >= 4 is 0 Å². The molecule has 1 aromatic heterocycles. The van der Waals surface area contributed by atoms with Crippen LogP contribution in [0.25, 0.3) is 0 Å². The topological polar surface area (TPSA) is 37.9 Å². The van der Waals surface area contributed by atoms with E-state index in [1.165, 1.54) is 0 Å². The Balaban J connectivity index is 2.92. The third-order valence-electron chi connectivity index (χ3n) is 0.987. The molecule has 0 saturated carbocycles. The molecule has 1 N–H and O–H groups in total. The van der Waals surface area contributed by atoms with Crippen LogP contribution in [0, 0.1) is 6.92 Å². The van der Waals surface area contributed by atoms with Crippen LogP contribution >= 0.6 is 0 Å². The molecule has 1 heterocycles. The fourth-order valence-corrected chi connectivity index (χ4v) is 0.557. The van der Waals surface area contributed by atoms with Gasteiger partial charge in [0.2, 0.25) is 5.88 Å². The van der Waals surface area contributed by atoms with Crippen LogP contribution in [0.4, 0.5) is 0 Å². The monoisotopic (exact) mass is 112 g/mol. The number of aryl methyl sites for hydroxylation is 1. The van der Waals surface area contributed by atoms with E-state index in [2.05, 4.69) is 9.97 Å². The zero-order valence-corrected chi connectivity index (χ0v) is 4.93. The van der Waals surface area contributed by atoms with Gasteiger partial charge in [0.15, 0.2) is 0 Å². The van der Waals surface area contributed by atoms with Crippen molar-refractivity contribution in [1.82, 2.24) is 9.97 Å². The van der Waals surface area contributed by atoms with Crippen LogP contribution in [-0.4, -0.2) is 17.1 Å². The number of nitrogens with zero attached hydrogens (tertiary/aromatic N) is 1. The molecule has 0 spiro atoms. The van der Waals surface area contributed by atoms with Gasteiger partial charge in [0.25, 0.3) is 0 Å². The molecule has 44 valence electrons. The molecule has 0 aliphatic rings. The number of aromatic nitrogens is 2. The van der Waals surface area contributed by atoms with Crippen LogP contribution in [-0.2, 0) is 0 Å². The van der Waals surface area contributed by atoms with Crippen molar-refractivity contribution < 1.29 is 4.74 Å². The number of hydrogen-bond acceptors (Lipinski definition) is 2. The quantitative estimate of drug-likeness (QED) is 0.581. The Morgan fingerprint density at radius 2 is 2.50 bits per heavy atom. The van der Waals surface area contributed by atoms with Gasteiger partial charge in [0.1, 0.15) is 0 Å². The van der Waals surface area contributed by atoms with Crippen LogP contribution in [0.15, 0.2) is 6.33 Å². The second kappa shape index (κ2) is 1.86. The average Bonchev–Trinajstić information content (AvgIpc) is 2.14. The number of rotatable bonds is 1. The Morgan fingerprint density at radius 1 is 1.75 bits per heavy atom. The number of nitrogens with one attached hydrogen (secondary N) is 1. The van der Waals surface area contributed by atoms with E-state index < -0.39 is 0 Å². The third kappa shape index (κ3) is 0.665. The highest BCUT2D eigenvalue weighted by molar-refractivity contribution is 5.14. The van der Waals surface area contributed by atoms with Gasteiger partial charge in [-0.3, -0.25) is 0 Å². The number of ether oxygens (including phenoxy) is 1. The van der Waals surface area contributed by atoms with Crippen LogP contribution in [0.1, 0.15) is 5.69 Å². The van der Waals surface area contributed by atoms with E-state index in [0.717, 1.165) is 11.6 Å². The van der Waals surface area contributed by atoms with Gasteiger partial charge in [-0.25, -0.2) is 4.98 Å². The molecule has 0 radical (unpaired) electrons. The average molecular weight is 112 g/mol. The van der Waals surface area contributed by atoms with Gasteiger partial charge in [0, 0.05) is 0 Å². The van der Waals surface area contributed by atoms with E-state index in [1.807, 2.05) is 6.92 Å². The van der Waals surface area contributed by atoms with Crippen LogP contribution in [0.3, 0.4) is 0 Å². The van der Waals surface area contributed by atoms with Crippen molar-refractivity contribution in [1.29, 1.82) is 0 Å². The summed E-state index contributed by atoms with van der Waals surface area (Å²) in [7, 11) is 1.61. The summed E-state index contributed by atoms with van der Waals surface area (Å²) in [5.41, 5.74) is 0.896. The maximum absolute atomic E-state index is 4.87. The zero-order valence-electron chi connectivity index (χ0n) is 4.93. The summed E-state index contributed by atoms with van der Waals surface area (Å²) in [6.07, 6.45) is 1.61. The van der Waals surface area contributed by atoms with Gasteiger partial charge < -0.3 is 9.72 Å². The lowest BCUT2D eigenvalue weighted by Crippen LogP contribution is -1.83. The van der Waals surface area contributed by atoms with Gasteiger partial charge in [0.05, 0.1) is 19.1 Å². The van der Waals surface area contributed by atoms with E-state index in [9.17, 15) is 0 Å². The molecule has 0 amide bonds. The smallest absolute Gasteiger partial charge is 0.213 e. The Labute approximate surface area is 47.7 Å². The van der Waals surface area contributed by atoms with Crippen molar-refractivity contribution in [3.63, 3.8) is 0 Å². The van der Waals surface area contributed by atoms with Gasteiger partial charge in [-0.2, -0.15) is 0 Å². The molecule has 0 aromatic carbocycles. The maximum atomic E-state index is 4.87. The van der Waals surface area contributed by atoms with Crippen LogP contribution < -0.4 is 4.74 Å². The molecular weight excluding hydrogens is 104 g/mol. The van der Waals surface area contributed by atoms with Gasteiger partial charge in [-0.15, -0.1) is 0 Å². The van der Waals surface area contributed by atoms with Gasteiger partial charge in [-0.05, 0) is 6.92 Å². The highest BCUT2D eigenvalue weighted by Gasteiger charge is 1.94. The molecule has 8 heavy (non-hydrogen) atoms. The van der Waals surface area contributed by atoms with Crippen LogP contribution in [0.2, 0.25) is 0 Å². The molecule has 0 unspecified atom stereocenters. The fourth-order valence-electron chi connectivity index (χ4n) is 0.557. The van der Waals surface area contributed by atoms with Crippen molar-refractivity contribution in [2.24, 2.45) is 0 Å². The van der Waals surface area contributed by atoms with E-state index in [4.69, 9.17) is 4.74 Å². The molecule has 0 fully saturated rings. The van der Waals surface area contributed by atoms with E-state index in [1.54, 1.807) is 13.4 Å². The predicted molar refractivity (Wildman–Crippen MR) is 29.9 cm³/mol. The van der Waals surface area contributed by atoms with Gasteiger partial charge >= 0.3 is 0 Å². The lowest BCUT2D eigenvalue weighted by molar-refractivity contribution is 0.397. The second-order valence-electron chi connectivity index (χ2n) is 1.52. The van der Waals surface area contributed by atoms with E-state index in [-0.39, 0.29) is 0 Å². The SMILES string of the molecule is COc1[nH]cnc1C. The highest BCUT2D eigenvalue weighted by atomic mass is 16.5. The summed E-state index contributed by atoms with van der Waals surface area (Å²) in [6.45, 7) is 1.88. The Kier molecular flexibility index (Phi) is 1.20.